The highest BCUT2D eigenvalue weighted by Gasteiger charge is 2.20. The smallest absolute Gasteiger partial charge is 0.0651 e. The van der Waals surface area contributed by atoms with Crippen LogP contribution in [0.25, 0.3) is 0 Å². The normalized spacial score (nSPS) is 32.0. The molecule has 2 rings (SSSR count). The van der Waals surface area contributed by atoms with Gasteiger partial charge in [-0.2, -0.15) is 0 Å². The quantitative estimate of drug-likeness (QED) is 0.396. The van der Waals surface area contributed by atoms with Crippen molar-refractivity contribution in [3.8, 4) is 0 Å². The van der Waals surface area contributed by atoms with E-state index in [0.29, 0.717) is 5.92 Å². The second-order valence-electron chi connectivity index (χ2n) is 2.51. The molecule has 0 spiro atoms. The molecule has 1 unspecified atom stereocenters. The molecule has 2 heterocycles. The van der Waals surface area contributed by atoms with Gasteiger partial charge in [0, 0.05) is 30.9 Å². The maximum Gasteiger partial charge on any atom is 0.0651 e. The topological polar surface area (TPSA) is 36.1 Å². The van der Waals surface area contributed by atoms with Crippen molar-refractivity contribution in [2.75, 3.05) is 19.8 Å². The van der Waals surface area contributed by atoms with E-state index in [1.807, 2.05) is 0 Å². The van der Waals surface area contributed by atoms with Crippen molar-refractivity contribution in [1.82, 2.24) is 16.0 Å². The zero-order valence-corrected chi connectivity index (χ0v) is 5.28. The van der Waals surface area contributed by atoms with Crippen LogP contribution < -0.4 is 16.0 Å². The van der Waals surface area contributed by atoms with Gasteiger partial charge in [0.05, 0.1) is 6.67 Å². The third-order valence-electron chi connectivity index (χ3n) is 1.87. The van der Waals surface area contributed by atoms with Gasteiger partial charge in [0.2, 0.25) is 0 Å². The molecule has 1 fully saturated rings. The molecule has 0 amide bonds. The second kappa shape index (κ2) is 1.92. The molecule has 3 nitrogen and oxygen atoms in total. The maximum absolute atomic E-state index is 3.27. The summed E-state index contributed by atoms with van der Waals surface area (Å²) in [6.45, 7) is 3.13. The van der Waals surface area contributed by atoms with Gasteiger partial charge in [0.15, 0.2) is 0 Å². The summed E-state index contributed by atoms with van der Waals surface area (Å²) in [6.07, 6.45) is 2.07. The van der Waals surface area contributed by atoms with Crippen LogP contribution in [-0.4, -0.2) is 19.8 Å². The van der Waals surface area contributed by atoms with Crippen molar-refractivity contribution < 1.29 is 0 Å². The molecule has 0 saturated carbocycles. The first-order valence-corrected chi connectivity index (χ1v) is 3.35. The van der Waals surface area contributed by atoms with E-state index in [0.717, 1.165) is 19.8 Å². The Hall–Kier alpha value is -0.700. The van der Waals surface area contributed by atoms with E-state index in [-0.39, 0.29) is 0 Å². The van der Waals surface area contributed by atoms with Gasteiger partial charge in [-0.15, -0.1) is 0 Å². The molecule has 0 bridgehead atoms. The van der Waals surface area contributed by atoms with Gasteiger partial charge in [-0.3, -0.25) is 5.32 Å². The lowest BCUT2D eigenvalue weighted by Crippen LogP contribution is -2.42. The molecule has 1 atom stereocenters. The summed E-state index contributed by atoms with van der Waals surface area (Å²) >= 11 is 0. The van der Waals surface area contributed by atoms with Gasteiger partial charge in [0.25, 0.3) is 0 Å². The number of fused-ring (bicyclic) bond motifs is 1. The molecule has 2 aliphatic rings. The molecule has 0 aromatic heterocycles. The predicted octanol–water partition coefficient (Wildman–Crippen LogP) is -0.802. The van der Waals surface area contributed by atoms with Crippen LogP contribution in [0.15, 0.2) is 11.9 Å². The van der Waals surface area contributed by atoms with Crippen LogP contribution in [0.5, 0.6) is 0 Å². The Labute approximate surface area is 54.5 Å². The van der Waals surface area contributed by atoms with Crippen molar-refractivity contribution in [3.05, 3.63) is 11.9 Å². The van der Waals surface area contributed by atoms with Crippen LogP contribution in [0, 0.1) is 5.92 Å². The number of nitrogens with one attached hydrogen (secondary N) is 3. The number of hydrogen-bond acceptors (Lipinski definition) is 3. The average Bonchev–Trinajstić information content (AvgIpc) is 2.33. The molecule has 1 saturated heterocycles. The minimum absolute atomic E-state index is 0.693. The van der Waals surface area contributed by atoms with E-state index in [9.17, 15) is 0 Å². The van der Waals surface area contributed by atoms with Crippen molar-refractivity contribution >= 4 is 0 Å². The lowest BCUT2D eigenvalue weighted by atomic mass is 10.1. The van der Waals surface area contributed by atoms with Crippen LogP contribution in [0.1, 0.15) is 0 Å². The molecular weight excluding hydrogens is 114 g/mol. The van der Waals surface area contributed by atoms with Gasteiger partial charge < -0.3 is 10.6 Å². The predicted molar refractivity (Wildman–Crippen MR) is 35.6 cm³/mol. The van der Waals surface area contributed by atoms with E-state index < -0.39 is 0 Å². The second-order valence-corrected chi connectivity index (χ2v) is 2.51. The van der Waals surface area contributed by atoms with Crippen molar-refractivity contribution in [2.24, 2.45) is 5.92 Å². The standard InChI is InChI=1S/C6H11N3/c1-5-2-8-4-9-6(5)3-7-1/h3,5,7-9H,1-2,4H2. The summed E-state index contributed by atoms with van der Waals surface area (Å²) in [4.78, 5) is 0. The Morgan fingerprint density at radius 2 is 2.44 bits per heavy atom. The Morgan fingerprint density at radius 1 is 1.44 bits per heavy atom. The molecular formula is C6H11N3. The largest absolute Gasteiger partial charge is 0.389 e. The summed E-state index contributed by atoms with van der Waals surface area (Å²) in [5, 5.41) is 9.73. The highest BCUT2D eigenvalue weighted by molar-refractivity contribution is 5.12. The van der Waals surface area contributed by atoms with Crippen molar-refractivity contribution in [3.63, 3.8) is 0 Å². The molecule has 9 heavy (non-hydrogen) atoms. The summed E-state index contributed by atoms with van der Waals surface area (Å²) < 4.78 is 0. The van der Waals surface area contributed by atoms with E-state index in [2.05, 4.69) is 22.2 Å². The minimum atomic E-state index is 0.693. The van der Waals surface area contributed by atoms with Crippen molar-refractivity contribution in [1.29, 1.82) is 0 Å². The SMILES string of the molecule is C1=C2NCNCC2CN1. The Balaban J connectivity index is 2.09. The van der Waals surface area contributed by atoms with E-state index in [4.69, 9.17) is 0 Å². The van der Waals surface area contributed by atoms with Crippen LogP contribution in [0.2, 0.25) is 0 Å². The summed E-state index contributed by atoms with van der Waals surface area (Å²) in [7, 11) is 0. The van der Waals surface area contributed by atoms with Gasteiger partial charge >= 0.3 is 0 Å². The van der Waals surface area contributed by atoms with Gasteiger partial charge in [-0.25, -0.2) is 0 Å². The first-order chi connectivity index (χ1) is 4.47. The highest BCUT2D eigenvalue weighted by Crippen LogP contribution is 2.12. The Kier molecular flexibility index (Phi) is 1.09. The van der Waals surface area contributed by atoms with Crippen LogP contribution in [0.4, 0.5) is 0 Å². The summed E-state index contributed by atoms with van der Waals surface area (Å²) in [5.41, 5.74) is 1.37. The van der Waals surface area contributed by atoms with Crippen LogP contribution >= 0.6 is 0 Å². The Bertz CT molecular complexity index is 141. The maximum atomic E-state index is 3.27. The molecule has 0 aromatic carbocycles. The third kappa shape index (κ3) is 0.772. The first kappa shape index (κ1) is 5.11. The fourth-order valence-corrected chi connectivity index (χ4v) is 1.33. The molecule has 2 aliphatic heterocycles. The molecule has 50 valence electrons. The fraction of sp³-hybridized carbons (Fsp3) is 0.667. The lowest BCUT2D eigenvalue weighted by Gasteiger charge is -2.22. The first-order valence-electron chi connectivity index (χ1n) is 3.35. The van der Waals surface area contributed by atoms with Gasteiger partial charge in [0.1, 0.15) is 0 Å². The fourth-order valence-electron chi connectivity index (χ4n) is 1.33. The van der Waals surface area contributed by atoms with Crippen molar-refractivity contribution in [2.45, 2.75) is 0 Å². The lowest BCUT2D eigenvalue weighted by molar-refractivity contribution is 0.455. The average molecular weight is 125 g/mol. The molecule has 3 heteroatoms. The Morgan fingerprint density at radius 3 is 3.33 bits per heavy atom. The molecule has 3 N–H and O–H groups in total. The van der Waals surface area contributed by atoms with Crippen LogP contribution in [-0.2, 0) is 0 Å². The molecule has 0 aliphatic carbocycles. The zero-order chi connectivity index (χ0) is 6.10. The molecule has 0 aromatic rings. The third-order valence-corrected chi connectivity index (χ3v) is 1.87. The highest BCUT2D eigenvalue weighted by atomic mass is 15.1. The van der Waals surface area contributed by atoms with E-state index in [1.54, 1.807) is 0 Å². The molecule has 0 radical (unpaired) electrons. The summed E-state index contributed by atoms with van der Waals surface area (Å²) in [6, 6.07) is 0. The van der Waals surface area contributed by atoms with Gasteiger partial charge in [-0.05, 0) is 0 Å². The van der Waals surface area contributed by atoms with E-state index >= 15 is 0 Å². The zero-order valence-electron chi connectivity index (χ0n) is 5.28. The van der Waals surface area contributed by atoms with Gasteiger partial charge in [-0.1, -0.05) is 0 Å². The number of hydrogen-bond donors (Lipinski definition) is 3. The monoisotopic (exact) mass is 125 g/mol. The van der Waals surface area contributed by atoms with E-state index in [1.165, 1.54) is 5.70 Å². The minimum Gasteiger partial charge on any atom is -0.389 e. The summed E-state index contributed by atoms with van der Waals surface area (Å²) in [5.74, 6) is 0.693. The number of rotatable bonds is 0. The van der Waals surface area contributed by atoms with Crippen LogP contribution in [0.3, 0.4) is 0 Å².